The van der Waals surface area contributed by atoms with E-state index < -0.39 is 0 Å². The summed E-state index contributed by atoms with van der Waals surface area (Å²) in [5.74, 6) is 0.482. The summed E-state index contributed by atoms with van der Waals surface area (Å²) in [6.45, 7) is 1.14. The smallest absolute Gasteiger partial charge is 0.251 e. The molecule has 2 aromatic heterocycles. The molecule has 0 radical (unpaired) electrons. The van der Waals surface area contributed by atoms with Gasteiger partial charge in [0.2, 0.25) is 0 Å². The highest BCUT2D eigenvalue weighted by atomic mass is 16.1. The number of nitrogens with zero attached hydrogens (tertiary/aromatic N) is 6. The normalized spacial score (nSPS) is 10.6. The van der Waals surface area contributed by atoms with Gasteiger partial charge in [-0.3, -0.25) is 9.48 Å². The van der Waals surface area contributed by atoms with Crippen molar-refractivity contribution in [2.75, 3.05) is 6.54 Å². The summed E-state index contributed by atoms with van der Waals surface area (Å²) in [4.78, 5) is 12.2. The molecule has 0 atom stereocenters. The first-order valence-corrected chi connectivity index (χ1v) is 6.82. The second kappa shape index (κ2) is 6.17. The highest BCUT2D eigenvalue weighted by Crippen LogP contribution is 2.16. The van der Waals surface area contributed by atoms with Crippen molar-refractivity contribution >= 4 is 5.91 Å². The van der Waals surface area contributed by atoms with Gasteiger partial charge in [-0.1, -0.05) is 12.1 Å². The molecule has 22 heavy (non-hydrogen) atoms. The molecule has 8 heteroatoms. The zero-order chi connectivity index (χ0) is 15.4. The molecule has 0 saturated carbocycles. The number of amides is 1. The van der Waals surface area contributed by atoms with Crippen molar-refractivity contribution in [1.82, 2.24) is 35.3 Å². The standard InChI is InChI=1S/C14H15N7O/c1-20-13(17-18-19-20)11-4-2-5-12(10-11)14(22)15-7-9-21-8-3-6-16-21/h2-6,8,10H,7,9H2,1H3,(H,15,22). The molecular weight excluding hydrogens is 282 g/mol. The molecule has 0 saturated heterocycles. The van der Waals surface area contributed by atoms with Crippen molar-refractivity contribution in [3.05, 3.63) is 48.3 Å². The fourth-order valence-corrected chi connectivity index (χ4v) is 2.09. The van der Waals surface area contributed by atoms with Gasteiger partial charge >= 0.3 is 0 Å². The number of nitrogens with one attached hydrogen (secondary N) is 1. The van der Waals surface area contributed by atoms with Crippen LogP contribution in [0.2, 0.25) is 0 Å². The molecule has 0 aliphatic rings. The van der Waals surface area contributed by atoms with Crippen LogP contribution in [-0.2, 0) is 13.6 Å². The lowest BCUT2D eigenvalue weighted by molar-refractivity contribution is 0.0952. The third-order valence-electron chi connectivity index (χ3n) is 3.19. The van der Waals surface area contributed by atoms with E-state index in [2.05, 4.69) is 25.9 Å². The highest BCUT2D eigenvalue weighted by molar-refractivity contribution is 5.95. The van der Waals surface area contributed by atoms with Gasteiger partial charge in [0.05, 0.1) is 6.54 Å². The zero-order valence-electron chi connectivity index (χ0n) is 12.0. The molecule has 0 spiro atoms. The number of tetrazole rings is 1. The van der Waals surface area contributed by atoms with Gasteiger partial charge < -0.3 is 5.32 Å². The average Bonchev–Trinajstić information content (AvgIpc) is 3.19. The van der Waals surface area contributed by atoms with Crippen LogP contribution in [0.25, 0.3) is 11.4 Å². The number of hydrogen-bond donors (Lipinski definition) is 1. The second-order valence-electron chi connectivity index (χ2n) is 4.73. The molecule has 1 N–H and O–H groups in total. The van der Waals surface area contributed by atoms with E-state index in [4.69, 9.17) is 0 Å². The fraction of sp³-hybridized carbons (Fsp3) is 0.214. The Kier molecular flexibility index (Phi) is 3.90. The van der Waals surface area contributed by atoms with E-state index in [-0.39, 0.29) is 5.91 Å². The lowest BCUT2D eigenvalue weighted by Crippen LogP contribution is -2.27. The van der Waals surface area contributed by atoms with Crippen LogP contribution in [0.15, 0.2) is 42.7 Å². The highest BCUT2D eigenvalue weighted by Gasteiger charge is 2.10. The quantitative estimate of drug-likeness (QED) is 0.740. The first kappa shape index (κ1) is 13.9. The van der Waals surface area contributed by atoms with Gasteiger partial charge in [-0.2, -0.15) is 5.10 Å². The maximum Gasteiger partial charge on any atom is 0.251 e. The maximum atomic E-state index is 12.2. The summed E-state index contributed by atoms with van der Waals surface area (Å²) in [6, 6.07) is 9.06. The van der Waals surface area contributed by atoms with Crippen molar-refractivity contribution in [2.45, 2.75) is 6.54 Å². The predicted octanol–water partition coefficient (Wildman–Crippen LogP) is 0.504. The lowest BCUT2D eigenvalue weighted by atomic mass is 10.1. The van der Waals surface area contributed by atoms with E-state index in [9.17, 15) is 4.79 Å². The molecular formula is C14H15N7O. The summed E-state index contributed by atoms with van der Waals surface area (Å²) < 4.78 is 3.33. The van der Waals surface area contributed by atoms with Crippen LogP contribution in [-0.4, -0.2) is 42.4 Å². The van der Waals surface area contributed by atoms with Crippen LogP contribution in [0.5, 0.6) is 0 Å². The summed E-state index contributed by atoms with van der Waals surface area (Å²) >= 11 is 0. The Bertz CT molecular complexity index is 763. The third kappa shape index (κ3) is 3.00. The van der Waals surface area contributed by atoms with E-state index in [0.29, 0.717) is 24.5 Å². The molecule has 112 valence electrons. The van der Waals surface area contributed by atoms with Gasteiger partial charge in [0.1, 0.15) is 0 Å². The van der Waals surface area contributed by atoms with E-state index >= 15 is 0 Å². The Balaban J connectivity index is 1.66. The Hall–Kier alpha value is -3.03. The van der Waals surface area contributed by atoms with Gasteiger partial charge in [-0.15, -0.1) is 5.10 Å². The van der Waals surface area contributed by atoms with E-state index in [1.807, 2.05) is 24.4 Å². The lowest BCUT2D eigenvalue weighted by Gasteiger charge is -2.07. The van der Waals surface area contributed by atoms with Crippen molar-refractivity contribution in [1.29, 1.82) is 0 Å². The van der Waals surface area contributed by atoms with Crippen LogP contribution in [0.1, 0.15) is 10.4 Å². The number of benzene rings is 1. The van der Waals surface area contributed by atoms with Crippen molar-refractivity contribution in [3.8, 4) is 11.4 Å². The zero-order valence-corrected chi connectivity index (χ0v) is 12.0. The average molecular weight is 297 g/mol. The minimum atomic E-state index is -0.135. The molecule has 0 fully saturated rings. The van der Waals surface area contributed by atoms with E-state index in [1.165, 1.54) is 0 Å². The van der Waals surface area contributed by atoms with Gasteiger partial charge in [0.25, 0.3) is 5.91 Å². The van der Waals surface area contributed by atoms with Crippen molar-refractivity contribution in [3.63, 3.8) is 0 Å². The van der Waals surface area contributed by atoms with E-state index in [1.54, 1.807) is 34.7 Å². The van der Waals surface area contributed by atoms with Crippen LogP contribution >= 0.6 is 0 Å². The summed E-state index contributed by atoms with van der Waals surface area (Å²) in [5, 5.41) is 18.3. The minimum absolute atomic E-state index is 0.135. The third-order valence-corrected chi connectivity index (χ3v) is 3.19. The molecule has 8 nitrogen and oxygen atoms in total. The molecule has 0 aliphatic carbocycles. The van der Waals surface area contributed by atoms with Gasteiger partial charge in [-0.25, -0.2) is 4.68 Å². The monoisotopic (exact) mass is 297 g/mol. The topological polar surface area (TPSA) is 90.5 Å². The largest absolute Gasteiger partial charge is 0.350 e. The van der Waals surface area contributed by atoms with Gasteiger partial charge in [0.15, 0.2) is 5.82 Å². The molecule has 0 bridgehead atoms. The first-order valence-electron chi connectivity index (χ1n) is 6.82. The second-order valence-corrected chi connectivity index (χ2v) is 4.73. The molecule has 3 rings (SSSR count). The Labute approximate surface area is 126 Å². The SMILES string of the molecule is Cn1nnnc1-c1cccc(C(=O)NCCn2cccn2)c1. The van der Waals surface area contributed by atoms with Crippen molar-refractivity contribution in [2.24, 2.45) is 7.05 Å². The van der Waals surface area contributed by atoms with Gasteiger partial charge in [-0.05, 0) is 28.6 Å². The van der Waals surface area contributed by atoms with E-state index in [0.717, 1.165) is 5.56 Å². The summed E-state index contributed by atoms with van der Waals surface area (Å²) in [5.41, 5.74) is 1.37. The fourth-order valence-electron chi connectivity index (χ4n) is 2.09. The Morgan fingerprint density at radius 1 is 1.32 bits per heavy atom. The van der Waals surface area contributed by atoms with Crippen LogP contribution in [0, 0.1) is 0 Å². The molecule has 0 aliphatic heterocycles. The molecule has 1 aromatic carbocycles. The number of aryl methyl sites for hydroxylation is 1. The Morgan fingerprint density at radius 3 is 2.95 bits per heavy atom. The molecule has 2 heterocycles. The first-order chi connectivity index (χ1) is 10.7. The summed E-state index contributed by atoms with van der Waals surface area (Å²) in [6.07, 6.45) is 3.56. The van der Waals surface area contributed by atoms with Crippen LogP contribution in [0.4, 0.5) is 0 Å². The number of rotatable bonds is 5. The van der Waals surface area contributed by atoms with Gasteiger partial charge in [0, 0.05) is 37.1 Å². The number of carbonyl (C=O) groups is 1. The number of carbonyl (C=O) groups excluding carboxylic acids is 1. The van der Waals surface area contributed by atoms with Crippen LogP contribution < -0.4 is 5.32 Å². The maximum absolute atomic E-state index is 12.2. The molecule has 3 aromatic rings. The minimum Gasteiger partial charge on any atom is -0.350 e. The Morgan fingerprint density at radius 2 is 2.23 bits per heavy atom. The molecule has 0 unspecified atom stereocenters. The predicted molar refractivity (Wildman–Crippen MR) is 78.8 cm³/mol. The number of aromatic nitrogens is 6. The number of hydrogen-bond acceptors (Lipinski definition) is 5. The summed E-state index contributed by atoms with van der Waals surface area (Å²) in [7, 11) is 1.76. The molecule has 1 amide bonds. The van der Waals surface area contributed by atoms with Crippen LogP contribution in [0.3, 0.4) is 0 Å². The van der Waals surface area contributed by atoms with Crippen molar-refractivity contribution < 1.29 is 4.79 Å².